The molecule has 1 aliphatic carbocycles. The van der Waals surface area contributed by atoms with Crippen molar-refractivity contribution in [3.8, 4) is 0 Å². The highest BCUT2D eigenvalue weighted by Gasteiger charge is 2.38. The van der Waals surface area contributed by atoms with Crippen molar-refractivity contribution in [1.29, 1.82) is 0 Å². The molecule has 100 valence electrons. The monoisotopic (exact) mass is 248 g/mol. The zero-order valence-electron chi connectivity index (χ0n) is 12.0. The fourth-order valence-electron chi connectivity index (χ4n) is 2.45. The maximum Gasteiger partial charge on any atom is 0.135 e. The molecule has 0 radical (unpaired) electrons. The van der Waals surface area contributed by atoms with Crippen LogP contribution in [-0.4, -0.2) is 22.6 Å². The molecule has 1 aromatic rings. The number of rotatable bonds is 5. The molecule has 2 rings (SSSR count). The van der Waals surface area contributed by atoms with Crippen LogP contribution in [0, 0.1) is 5.92 Å². The Morgan fingerprint density at radius 1 is 1.22 bits per heavy atom. The average Bonchev–Trinajstić information content (AvgIpc) is 3.11. The number of hydrogen-bond donors (Lipinski definition) is 2. The Balaban J connectivity index is 2.31. The predicted octanol–water partition coefficient (Wildman–Crippen LogP) is 3.24. The lowest BCUT2D eigenvalue weighted by molar-refractivity contribution is 0.491. The van der Waals surface area contributed by atoms with Gasteiger partial charge in [-0.05, 0) is 38.5 Å². The molecule has 1 fully saturated rings. The van der Waals surface area contributed by atoms with Crippen LogP contribution in [0.4, 0.5) is 11.6 Å². The number of nitrogens with zero attached hydrogens (tertiary/aromatic N) is 2. The third-order valence-corrected chi connectivity index (χ3v) is 3.74. The number of nitrogens with one attached hydrogen (secondary N) is 2. The molecule has 0 aromatic carbocycles. The third-order valence-electron chi connectivity index (χ3n) is 3.74. The lowest BCUT2D eigenvalue weighted by Crippen LogP contribution is -2.34. The van der Waals surface area contributed by atoms with Crippen LogP contribution in [-0.2, 0) is 0 Å². The normalized spacial score (nSPS) is 15.9. The van der Waals surface area contributed by atoms with E-state index in [9.17, 15) is 0 Å². The minimum atomic E-state index is 0.114. The van der Waals surface area contributed by atoms with Crippen LogP contribution in [0.5, 0.6) is 0 Å². The van der Waals surface area contributed by atoms with Crippen molar-refractivity contribution < 1.29 is 0 Å². The van der Waals surface area contributed by atoms with Gasteiger partial charge in [0.1, 0.15) is 18.0 Å². The molecule has 1 aliphatic rings. The molecule has 4 nitrogen and oxygen atoms in total. The van der Waals surface area contributed by atoms with E-state index in [-0.39, 0.29) is 5.54 Å². The van der Waals surface area contributed by atoms with Crippen LogP contribution < -0.4 is 10.6 Å². The van der Waals surface area contributed by atoms with Crippen LogP contribution in [0.15, 0.2) is 6.33 Å². The van der Waals surface area contributed by atoms with E-state index in [2.05, 4.69) is 48.3 Å². The van der Waals surface area contributed by atoms with Gasteiger partial charge in [0.25, 0.3) is 0 Å². The molecule has 1 saturated carbocycles. The van der Waals surface area contributed by atoms with Gasteiger partial charge in [0.15, 0.2) is 0 Å². The van der Waals surface area contributed by atoms with Crippen LogP contribution in [0.3, 0.4) is 0 Å². The molecule has 0 aliphatic heterocycles. The first kappa shape index (κ1) is 13.1. The van der Waals surface area contributed by atoms with Gasteiger partial charge in [0, 0.05) is 18.2 Å². The Bertz CT molecular complexity index is 422. The molecule has 4 heteroatoms. The van der Waals surface area contributed by atoms with Gasteiger partial charge >= 0.3 is 0 Å². The summed E-state index contributed by atoms with van der Waals surface area (Å²) in [4.78, 5) is 8.75. The second kappa shape index (κ2) is 4.75. The summed E-state index contributed by atoms with van der Waals surface area (Å²) in [5, 5.41) is 6.77. The summed E-state index contributed by atoms with van der Waals surface area (Å²) in [5.41, 5.74) is 1.29. The van der Waals surface area contributed by atoms with Gasteiger partial charge in [-0.1, -0.05) is 13.8 Å². The molecule has 0 bridgehead atoms. The van der Waals surface area contributed by atoms with Crippen molar-refractivity contribution in [2.75, 3.05) is 17.7 Å². The Hall–Kier alpha value is -1.32. The summed E-state index contributed by atoms with van der Waals surface area (Å²) < 4.78 is 0. The number of aromatic nitrogens is 2. The predicted molar refractivity (Wildman–Crippen MR) is 76.1 cm³/mol. The Kier molecular flexibility index (Phi) is 3.46. The van der Waals surface area contributed by atoms with Gasteiger partial charge in [-0.15, -0.1) is 0 Å². The highest BCUT2D eigenvalue weighted by molar-refractivity contribution is 5.59. The zero-order valence-corrected chi connectivity index (χ0v) is 12.0. The standard InChI is InChI=1S/C14H24N4/c1-9(2)11-12(15-5)16-8-17-13(11)18-14(3,4)10-6-7-10/h8-10H,6-7H2,1-5H3,(H2,15,16,17,18). The summed E-state index contributed by atoms with van der Waals surface area (Å²) in [6.07, 6.45) is 4.27. The van der Waals surface area contributed by atoms with Gasteiger partial charge in [-0.3, -0.25) is 0 Å². The van der Waals surface area contributed by atoms with Crippen molar-refractivity contribution in [3.63, 3.8) is 0 Å². The molecule has 18 heavy (non-hydrogen) atoms. The first-order valence-electron chi connectivity index (χ1n) is 6.76. The highest BCUT2D eigenvalue weighted by Crippen LogP contribution is 2.42. The molecule has 0 atom stereocenters. The maximum atomic E-state index is 4.44. The second-order valence-corrected chi connectivity index (χ2v) is 6.01. The number of hydrogen-bond acceptors (Lipinski definition) is 4. The molecular formula is C14H24N4. The second-order valence-electron chi connectivity index (χ2n) is 6.01. The molecule has 0 spiro atoms. The molecule has 0 amide bonds. The smallest absolute Gasteiger partial charge is 0.135 e. The summed E-state index contributed by atoms with van der Waals surface area (Å²) in [6, 6.07) is 0. The lowest BCUT2D eigenvalue weighted by Gasteiger charge is -2.29. The third kappa shape index (κ3) is 2.57. The van der Waals surface area contributed by atoms with E-state index in [0.717, 1.165) is 17.6 Å². The van der Waals surface area contributed by atoms with Gasteiger partial charge in [-0.25, -0.2) is 9.97 Å². The minimum absolute atomic E-state index is 0.114. The summed E-state index contributed by atoms with van der Waals surface area (Å²) in [7, 11) is 1.91. The molecular weight excluding hydrogens is 224 g/mol. The fraction of sp³-hybridized carbons (Fsp3) is 0.714. The Morgan fingerprint density at radius 2 is 1.83 bits per heavy atom. The molecule has 0 unspecified atom stereocenters. The van der Waals surface area contributed by atoms with E-state index in [1.54, 1.807) is 6.33 Å². The highest BCUT2D eigenvalue weighted by atomic mass is 15.1. The van der Waals surface area contributed by atoms with Gasteiger partial charge in [0.05, 0.1) is 0 Å². The van der Waals surface area contributed by atoms with E-state index >= 15 is 0 Å². The zero-order chi connectivity index (χ0) is 13.3. The molecule has 1 aromatic heterocycles. The maximum absolute atomic E-state index is 4.44. The quantitative estimate of drug-likeness (QED) is 0.840. The average molecular weight is 248 g/mol. The SMILES string of the molecule is CNc1ncnc(NC(C)(C)C2CC2)c1C(C)C. The van der Waals surface area contributed by atoms with E-state index in [1.807, 2.05) is 7.05 Å². The molecule has 0 saturated heterocycles. The van der Waals surface area contributed by atoms with Gasteiger partial charge < -0.3 is 10.6 Å². The van der Waals surface area contributed by atoms with Crippen LogP contribution >= 0.6 is 0 Å². The van der Waals surface area contributed by atoms with E-state index < -0.39 is 0 Å². The summed E-state index contributed by atoms with van der Waals surface area (Å²) in [5.74, 6) is 3.06. The topological polar surface area (TPSA) is 49.8 Å². The van der Waals surface area contributed by atoms with Gasteiger partial charge in [0.2, 0.25) is 0 Å². The largest absolute Gasteiger partial charge is 0.373 e. The van der Waals surface area contributed by atoms with E-state index in [0.29, 0.717) is 5.92 Å². The first-order chi connectivity index (χ1) is 8.45. The van der Waals surface area contributed by atoms with Crippen molar-refractivity contribution in [2.24, 2.45) is 5.92 Å². The summed E-state index contributed by atoms with van der Waals surface area (Å²) >= 11 is 0. The fourth-order valence-corrected chi connectivity index (χ4v) is 2.45. The molecule has 1 heterocycles. The van der Waals surface area contributed by atoms with E-state index in [4.69, 9.17) is 0 Å². The van der Waals surface area contributed by atoms with E-state index in [1.165, 1.54) is 18.4 Å². The van der Waals surface area contributed by atoms with Gasteiger partial charge in [-0.2, -0.15) is 0 Å². The minimum Gasteiger partial charge on any atom is -0.373 e. The summed E-state index contributed by atoms with van der Waals surface area (Å²) in [6.45, 7) is 8.87. The van der Waals surface area contributed by atoms with Crippen LogP contribution in [0.1, 0.15) is 52.0 Å². The Labute approximate surface area is 110 Å². The van der Waals surface area contributed by atoms with Crippen molar-refractivity contribution in [3.05, 3.63) is 11.9 Å². The van der Waals surface area contributed by atoms with Crippen molar-refractivity contribution in [2.45, 2.75) is 52.0 Å². The van der Waals surface area contributed by atoms with Crippen LogP contribution in [0.25, 0.3) is 0 Å². The van der Waals surface area contributed by atoms with Crippen molar-refractivity contribution in [1.82, 2.24) is 9.97 Å². The number of anilines is 2. The lowest BCUT2D eigenvalue weighted by atomic mass is 9.97. The molecule has 2 N–H and O–H groups in total. The first-order valence-corrected chi connectivity index (χ1v) is 6.76. The van der Waals surface area contributed by atoms with Crippen molar-refractivity contribution >= 4 is 11.6 Å². The van der Waals surface area contributed by atoms with Crippen LogP contribution in [0.2, 0.25) is 0 Å². The Morgan fingerprint density at radius 3 is 2.33 bits per heavy atom.